The molecule has 1 fully saturated rings. The van der Waals surface area contributed by atoms with Gasteiger partial charge >= 0.3 is 6.01 Å². The Balaban J connectivity index is 2.00. The summed E-state index contributed by atoms with van der Waals surface area (Å²) in [4.78, 5) is 0. The smallest absolute Gasteiger partial charge is 0.315 e. The first kappa shape index (κ1) is 14.3. The number of nitrogens with one attached hydrogen (secondary N) is 2. The van der Waals surface area contributed by atoms with E-state index in [1.165, 1.54) is 25.7 Å². The first-order valence-corrected chi connectivity index (χ1v) is 7.39. The Morgan fingerprint density at radius 1 is 1.16 bits per heavy atom. The molecule has 5 heteroatoms. The van der Waals surface area contributed by atoms with Crippen molar-refractivity contribution in [1.29, 1.82) is 0 Å². The van der Waals surface area contributed by atoms with Crippen molar-refractivity contribution < 1.29 is 4.42 Å². The van der Waals surface area contributed by atoms with Crippen molar-refractivity contribution in [2.75, 3.05) is 12.4 Å². The highest BCUT2D eigenvalue weighted by Gasteiger charge is 2.28. The van der Waals surface area contributed by atoms with E-state index in [9.17, 15) is 0 Å². The van der Waals surface area contributed by atoms with Crippen molar-refractivity contribution in [2.24, 2.45) is 11.8 Å². The van der Waals surface area contributed by atoms with Crippen LogP contribution < -0.4 is 10.6 Å². The largest absolute Gasteiger partial charge is 0.406 e. The molecular formula is C14H26N4O. The highest BCUT2D eigenvalue weighted by Crippen LogP contribution is 2.32. The summed E-state index contributed by atoms with van der Waals surface area (Å²) in [6, 6.07) is 1.12. The maximum absolute atomic E-state index is 5.67. The highest BCUT2D eigenvalue weighted by atomic mass is 16.4. The molecule has 3 atom stereocenters. The van der Waals surface area contributed by atoms with E-state index in [1.807, 2.05) is 14.0 Å². The van der Waals surface area contributed by atoms with Gasteiger partial charge in [-0.3, -0.25) is 0 Å². The molecule has 0 spiro atoms. The molecule has 0 bridgehead atoms. The maximum atomic E-state index is 5.67. The molecule has 1 heterocycles. The van der Waals surface area contributed by atoms with E-state index in [4.69, 9.17) is 4.42 Å². The van der Waals surface area contributed by atoms with E-state index in [0.29, 0.717) is 29.8 Å². The molecule has 1 saturated carbocycles. The van der Waals surface area contributed by atoms with Crippen molar-refractivity contribution in [2.45, 2.75) is 58.5 Å². The quantitative estimate of drug-likeness (QED) is 0.858. The number of hydrogen-bond donors (Lipinski definition) is 2. The molecule has 108 valence electrons. The van der Waals surface area contributed by atoms with Gasteiger partial charge in [-0.05, 0) is 38.6 Å². The molecule has 0 aliphatic heterocycles. The molecule has 0 aromatic carbocycles. The second-order valence-corrected chi connectivity index (χ2v) is 5.90. The van der Waals surface area contributed by atoms with Gasteiger partial charge < -0.3 is 15.1 Å². The molecule has 1 aliphatic carbocycles. The van der Waals surface area contributed by atoms with Gasteiger partial charge in [0, 0.05) is 6.04 Å². The third-order valence-electron chi connectivity index (χ3n) is 4.23. The Hall–Kier alpha value is -1.10. The minimum absolute atomic E-state index is 0.0929. The van der Waals surface area contributed by atoms with Crippen molar-refractivity contribution >= 4 is 6.01 Å². The summed E-state index contributed by atoms with van der Waals surface area (Å²) in [6.45, 7) is 6.61. The van der Waals surface area contributed by atoms with Crippen LogP contribution in [0.15, 0.2) is 4.42 Å². The second-order valence-electron chi connectivity index (χ2n) is 5.90. The maximum Gasteiger partial charge on any atom is 0.315 e. The average molecular weight is 266 g/mol. The van der Waals surface area contributed by atoms with Crippen LogP contribution >= 0.6 is 0 Å². The minimum Gasteiger partial charge on any atom is -0.406 e. The summed E-state index contributed by atoms with van der Waals surface area (Å²) in [7, 11) is 1.89. The van der Waals surface area contributed by atoms with Crippen molar-refractivity contribution in [3.05, 3.63) is 5.89 Å². The fourth-order valence-corrected chi connectivity index (χ4v) is 2.89. The Morgan fingerprint density at radius 2 is 1.89 bits per heavy atom. The summed E-state index contributed by atoms with van der Waals surface area (Å²) >= 11 is 0. The molecular weight excluding hydrogens is 240 g/mol. The number of nitrogens with zero attached hydrogens (tertiary/aromatic N) is 2. The summed E-state index contributed by atoms with van der Waals surface area (Å²) in [6.07, 6.45) is 5.12. The van der Waals surface area contributed by atoms with Crippen LogP contribution in [0.25, 0.3) is 0 Å². The summed E-state index contributed by atoms with van der Waals surface area (Å²) < 4.78 is 5.67. The van der Waals surface area contributed by atoms with Gasteiger partial charge in [-0.1, -0.05) is 31.8 Å². The van der Waals surface area contributed by atoms with Crippen LogP contribution in [0.1, 0.15) is 58.4 Å². The highest BCUT2D eigenvalue weighted by molar-refractivity contribution is 5.21. The average Bonchev–Trinajstić information content (AvgIpc) is 2.86. The fourth-order valence-electron chi connectivity index (χ4n) is 2.89. The van der Waals surface area contributed by atoms with Crippen LogP contribution in [0.5, 0.6) is 0 Å². The predicted octanol–water partition coefficient (Wildman–Crippen LogP) is 2.98. The van der Waals surface area contributed by atoms with Crippen molar-refractivity contribution in [1.82, 2.24) is 15.5 Å². The van der Waals surface area contributed by atoms with Crippen LogP contribution in [0.4, 0.5) is 6.01 Å². The Labute approximate surface area is 115 Å². The predicted molar refractivity (Wildman–Crippen MR) is 76.0 cm³/mol. The summed E-state index contributed by atoms with van der Waals surface area (Å²) in [5, 5.41) is 14.7. The standard InChI is InChI=1S/C14H26N4O/c1-9(2)11-7-5-6-8-12(11)16-14-18-17-13(19-14)10(3)15-4/h9-12,15H,5-8H2,1-4H3,(H,16,18). The zero-order valence-electron chi connectivity index (χ0n) is 12.4. The molecule has 1 aromatic rings. The van der Waals surface area contributed by atoms with E-state index in [0.717, 1.165) is 0 Å². The Kier molecular flexibility index (Phi) is 4.80. The summed E-state index contributed by atoms with van der Waals surface area (Å²) in [5.41, 5.74) is 0. The number of anilines is 1. The lowest BCUT2D eigenvalue weighted by Gasteiger charge is -2.34. The molecule has 2 N–H and O–H groups in total. The molecule has 1 aliphatic rings. The monoisotopic (exact) mass is 266 g/mol. The SMILES string of the molecule is CNC(C)c1nnc(NC2CCCCC2C(C)C)o1. The van der Waals surface area contributed by atoms with Gasteiger partial charge in [0.25, 0.3) is 0 Å². The zero-order chi connectivity index (χ0) is 13.8. The molecule has 0 amide bonds. The Bertz CT molecular complexity index is 391. The van der Waals surface area contributed by atoms with Crippen LogP contribution in [0, 0.1) is 11.8 Å². The third kappa shape index (κ3) is 3.47. The van der Waals surface area contributed by atoms with Crippen LogP contribution in [-0.4, -0.2) is 23.3 Å². The lowest BCUT2D eigenvalue weighted by molar-refractivity contribution is 0.250. The lowest BCUT2D eigenvalue weighted by Crippen LogP contribution is -2.35. The fraction of sp³-hybridized carbons (Fsp3) is 0.857. The van der Waals surface area contributed by atoms with Gasteiger partial charge in [0.05, 0.1) is 6.04 Å². The molecule has 1 aromatic heterocycles. The first-order valence-electron chi connectivity index (χ1n) is 7.39. The lowest BCUT2D eigenvalue weighted by atomic mass is 9.78. The topological polar surface area (TPSA) is 63.0 Å². The van der Waals surface area contributed by atoms with Crippen molar-refractivity contribution in [3.8, 4) is 0 Å². The van der Waals surface area contributed by atoms with Gasteiger partial charge in [-0.2, -0.15) is 0 Å². The van der Waals surface area contributed by atoms with Crippen LogP contribution in [0.3, 0.4) is 0 Å². The normalized spacial score (nSPS) is 25.5. The number of rotatable bonds is 5. The van der Waals surface area contributed by atoms with E-state index in [2.05, 4.69) is 34.7 Å². The van der Waals surface area contributed by atoms with Gasteiger partial charge in [0.15, 0.2) is 0 Å². The van der Waals surface area contributed by atoms with E-state index in [1.54, 1.807) is 0 Å². The zero-order valence-corrected chi connectivity index (χ0v) is 12.4. The van der Waals surface area contributed by atoms with Crippen LogP contribution in [0.2, 0.25) is 0 Å². The van der Waals surface area contributed by atoms with E-state index < -0.39 is 0 Å². The molecule has 19 heavy (non-hydrogen) atoms. The van der Waals surface area contributed by atoms with Crippen LogP contribution in [-0.2, 0) is 0 Å². The number of hydrogen-bond acceptors (Lipinski definition) is 5. The Morgan fingerprint density at radius 3 is 2.58 bits per heavy atom. The number of aromatic nitrogens is 2. The molecule has 0 radical (unpaired) electrons. The second kappa shape index (κ2) is 6.37. The van der Waals surface area contributed by atoms with Crippen molar-refractivity contribution in [3.63, 3.8) is 0 Å². The van der Waals surface area contributed by atoms with Gasteiger partial charge in [-0.15, -0.1) is 5.10 Å². The molecule has 0 saturated heterocycles. The van der Waals surface area contributed by atoms with Gasteiger partial charge in [-0.25, -0.2) is 0 Å². The first-order chi connectivity index (χ1) is 9.11. The summed E-state index contributed by atoms with van der Waals surface area (Å²) in [5.74, 6) is 2.03. The molecule has 3 unspecified atom stereocenters. The molecule has 2 rings (SSSR count). The van der Waals surface area contributed by atoms with E-state index in [-0.39, 0.29) is 6.04 Å². The van der Waals surface area contributed by atoms with E-state index >= 15 is 0 Å². The van der Waals surface area contributed by atoms with Gasteiger partial charge in [0.1, 0.15) is 0 Å². The minimum atomic E-state index is 0.0929. The molecule has 5 nitrogen and oxygen atoms in total. The van der Waals surface area contributed by atoms with Gasteiger partial charge in [0.2, 0.25) is 5.89 Å². The third-order valence-corrected chi connectivity index (χ3v) is 4.23.